The smallest absolute Gasteiger partial charge is 0.270 e. The van der Waals surface area contributed by atoms with Crippen LogP contribution in [0.25, 0.3) is 10.9 Å². The first-order chi connectivity index (χ1) is 7.11. The average molecular weight is 223 g/mol. The van der Waals surface area contributed by atoms with Gasteiger partial charge in [0.15, 0.2) is 0 Å². The molecule has 0 aliphatic carbocycles. The maximum atomic E-state index is 11.8. The van der Waals surface area contributed by atoms with Crippen molar-refractivity contribution in [1.29, 1.82) is 0 Å². The van der Waals surface area contributed by atoms with Crippen LogP contribution in [-0.4, -0.2) is 9.55 Å². The third kappa shape index (κ3) is 1.63. The lowest BCUT2D eigenvalue weighted by molar-refractivity contribution is 0.600. The van der Waals surface area contributed by atoms with Gasteiger partial charge in [-0.1, -0.05) is 11.6 Å². The summed E-state index contributed by atoms with van der Waals surface area (Å²) in [4.78, 5) is 15.8. The van der Waals surface area contributed by atoms with E-state index in [4.69, 9.17) is 11.6 Å². The van der Waals surface area contributed by atoms with Crippen molar-refractivity contribution in [3.63, 3.8) is 0 Å². The molecular formula is C11H11ClN2O. The lowest BCUT2D eigenvalue weighted by Gasteiger charge is -2.13. The predicted molar refractivity (Wildman–Crippen MR) is 61.4 cm³/mol. The fourth-order valence-electron chi connectivity index (χ4n) is 1.67. The Morgan fingerprint density at radius 2 is 2.20 bits per heavy atom. The zero-order valence-corrected chi connectivity index (χ0v) is 9.32. The zero-order chi connectivity index (χ0) is 11.0. The molecule has 78 valence electrons. The summed E-state index contributed by atoms with van der Waals surface area (Å²) in [6.45, 7) is 3.91. The normalized spacial score (nSPS) is 11.2. The first-order valence-corrected chi connectivity index (χ1v) is 5.14. The first kappa shape index (κ1) is 10.2. The van der Waals surface area contributed by atoms with Crippen molar-refractivity contribution < 1.29 is 0 Å². The molecule has 2 heterocycles. The lowest BCUT2D eigenvalue weighted by Crippen LogP contribution is -2.22. The van der Waals surface area contributed by atoms with Gasteiger partial charge in [0.05, 0.1) is 5.52 Å². The molecule has 2 aromatic heterocycles. The van der Waals surface area contributed by atoms with Gasteiger partial charge in [-0.05, 0) is 26.0 Å². The standard InChI is InChI=1S/C11H11ClN2O/c1-7(2)14-10-3-4-13-6-8(10)5-9(12)11(14)15/h3-7H,1-2H3. The fourth-order valence-corrected chi connectivity index (χ4v) is 1.87. The topological polar surface area (TPSA) is 34.9 Å². The largest absolute Gasteiger partial charge is 0.304 e. The molecule has 0 aliphatic rings. The van der Waals surface area contributed by atoms with Crippen LogP contribution in [0.1, 0.15) is 19.9 Å². The molecule has 0 saturated carbocycles. The number of fused-ring (bicyclic) bond motifs is 1. The number of hydrogen-bond donors (Lipinski definition) is 0. The van der Waals surface area contributed by atoms with Crippen molar-refractivity contribution in [3.8, 4) is 0 Å². The van der Waals surface area contributed by atoms with Crippen LogP contribution in [-0.2, 0) is 0 Å². The molecule has 0 aliphatic heterocycles. The van der Waals surface area contributed by atoms with Gasteiger partial charge >= 0.3 is 0 Å². The van der Waals surface area contributed by atoms with E-state index in [0.717, 1.165) is 10.9 Å². The summed E-state index contributed by atoms with van der Waals surface area (Å²) in [5.74, 6) is 0. The SMILES string of the molecule is CC(C)n1c(=O)c(Cl)cc2cnccc21. The summed E-state index contributed by atoms with van der Waals surface area (Å²) in [6, 6.07) is 3.57. The molecule has 0 aromatic carbocycles. The van der Waals surface area contributed by atoms with E-state index < -0.39 is 0 Å². The number of aromatic nitrogens is 2. The van der Waals surface area contributed by atoms with E-state index in [2.05, 4.69) is 4.98 Å². The number of pyridine rings is 2. The average Bonchev–Trinajstić information content (AvgIpc) is 2.19. The van der Waals surface area contributed by atoms with Gasteiger partial charge in [-0.25, -0.2) is 0 Å². The monoisotopic (exact) mass is 222 g/mol. The minimum absolute atomic E-state index is 0.0844. The Morgan fingerprint density at radius 1 is 1.47 bits per heavy atom. The lowest BCUT2D eigenvalue weighted by atomic mass is 10.2. The highest BCUT2D eigenvalue weighted by Crippen LogP contribution is 2.17. The first-order valence-electron chi connectivity index (χ1n) is 4.76. The maximum Gasteiger partial charge on any atom is 0.270 e. The summed E-state index contributed by atoms with van der Waals surface area (Å²) in [5, 5.41) is 1.13. The second-order valence-corrected chi connectivity index (χ2v) is 4.10. The summed E-state index contributed by atoms with van der Waals surface area (Å²) >= 11 is 5.88. The Kier molecular flexibility index (Phi) is 2.49. The van der Waals surface area contributed by atoms with E-state index in [0.29, 0.717) is 0 Å². The highest BCUT2D eigenvalue weighted by atomic mass is 35.5. The minimum Gasteiger partial charge on any atom is -0.304 e. The number of rotatable bonds is 1. The molecule has 15 heavy (non-hydrogen) atoms. The molecule has 4 heteroatoms. The molecule has 0 unspecified atom stereocenters. The molecule has 0 N–H and O–H groups in total. The molecular weight excluding hydrogens is 212 g/mol. The Balaban J connectivity index is 2.96. The van der Waals surface area contributed by atoms with E-state index in [1.54, 1.807) is 23.0 Å². The van der Waals surface area contributed by atoms with Crippen molar-refractivity contribution in [2.24, 2.45) is 0 Å². The number of nitrogens with zero attached hydrogens (tertiary/aromatic N) is 2. The van der Waals surface area contributed by atoms with Gasteiger partial charge in [0.2, 0.25) is 0 Å². The Labute approximate surface area is 92.3 Å². The van der Waals surface area contributed by atoms with Gasteiger partial charge in [-0.2, -0.15) is 0 Å². The molecule has 3 nitrogen and oxygen atoms in total. The molecule has 0 amide bonds. The molecule has 0 bridgehead atoms. The summed E-state index contributed by atoms with van der Waals surface area (Å²) in [5.41, 5.74) is 0.722. The number of hydrogen-bond acceptors (Lipinski definition) is 2. The van der Waals surface area contributed by atoms with E-state index in [9.17, 15) is 4.79 Å². The van der Waals surface area contributed by atoms with Crippen molar-refractivity contribution in [2.75, 3.05) is 0 Å². The highest BCUT2D eigenvalue weighted by Gasteiger charge is 2.09. The number of halogens is 1. The van der Waals surface area contributed by atoms with Gasteiger partial charge < -0.3 is 4.57 Å². The van der Waals surface area contributed by atoms with Crippen LogP contribution in [0.3, 0.4) is 0 Å². The molecule has 0 spiro atoms. The van der Waals surface area contributed by atoms with E-state index >= 15 is 0 Å². The molecule has 2 aromatic rings. The van der Waals surface area contributed by atoms with Crippen molar-refractivity contribution in [3.05, 3.63) is 39.9 Å². The van der Waals surface area contributed by atoms with E-state index in [-0.39, 0.29) is 16.6 Å². The van der Waals surface area contributed by atoms with Crippen LogP contribution in [0.2, 0.25) is 5.02 Å². The van der Waals surface area contributed by atoms with Gasteiger partial charge in [0, 0.05) is 23.8 Å². The van der Waals surface area contributed by atoms with Crippen LogP contribution in [0.4, 0.5) is 0 Å². The summed E-state index contributed by atoms with van der Waals surface area (Å²) in [6.07, 6.45) is 3.38. The highest BCUT2D eigenvalue weighted by molar-refractivity contribution is 6.31. The van der Waals surface area contributed by atoms with Gasteiger partial charge in [0.25, 0.3) is 5.56 Å². The van der Waals surface area contributed by atoms with Crippen molar-refractivity contribution in [2.45, 2.75) is 19.9 Å². The second-order valence-electron chi connectivity index (χ2n) is 3.70. The van der Waals surface area contributed by atoms with Crippen LogP contribution in [0, 0.1) is 0 Å². The van der Waals surface area contributed by atoms with Crippen LogP contribution >= 0.6 is 11.6 Å². The maximum absolute atomic E-state index is 11.8. The van der Waals surface area contributed by atoms with Crippen molar-refractivity contribution >= 4 is 22.5 Å². The van der Waals surface area contributed by atoms with Crippen LogP contribution < -0.4 is 5.56 Å². The molecule has 0 fully saturated rings. The second kappa shape index (κ2) is 3.66. The third-order valence-electron chi connectivity index (χ3n) is 2.31. The Hall–Kier alpha value is -1.35. The Bertz CT molecular complexity index is 560. The van der Waals surface area contributed by atoms with E-state index in [1.165, 1.54) is 0 Å². The molecule has 2 rings (SSSR count). The van der Waals surface area contributed by atoms with Crippen LogP contribution in [0.15, 0.2) is 29.3 Å². The van der Waals surface area contributed by atoms with Gasteiger partial charge in [0.1, 0.15) is 5.02 Å². The Morgan fingerprint density at radius 3 is 2.87 bits per heavy atom. The quantitative estimate of drug-likeness (QED) is 0.744. The fraction of sp³-hybridized carbons (Fsp3) is 0.273. The summed E-state index contributed by atoms with van der Waals surface area (Å²) < 4.78 is 1.68. The zero-order valence-electron chi connectivity index (χ0n) is 8.57. The molecule has 0 saturated heterocycles. The minimum atomic E-state index is -0.148. The van der Waals surface area contributed by atoms with Crippen molar-refractivity contribution in [1.82, 2.24) is 9.55 Å². The molecule has 0 atom stereocenters. The molecule has 0 radical (unpaired) electrons. The van der Waals surface area contributed by atoms with Gasteiger partial charge in [-0.3, -0.25) is 9.78 Å². The predicted octanol–water partition coefficient (Wildman–Crippen LogP) is 2.63. The van der Waals surface area contributed by atoms with Gasteiger partial charge in [-0.15, -0.1) is 0 Å². The third-order valence-corrected chi connectivity index (χ3v) is 2.58. The van der Waals surface area contributed by atoms with E-state index in [1.807, 2.05) is 19.9 Å². The summed E-state index contributed by atoms with van der Waals surface area (Å²) in [7, 11) is 0. The van der Waals surface area contributed by atoms with Crippen LogP contribution in [0.5, 0.6) is 0 Å².